The highest BCUT2D eigenvalue weighted by molar-refractivity contribution is 6.01. The number of carbonyl (C=O) groups excluding carboxylic acids is 1. The van der Waals surface area contributed by atoms with Crippen molar-refractivity contribution in [2.45, 2.75) is 39.2 Å². The normalized spacial score (nSPS) is 16.8. The zero-order chi connectivity index (χ0) is 27.6. The minimum Gasteiger partial charge on any atom is -0.368 e. The number of rotatable bonds is 5. The van der Waals surface area contributed by atoms with Crippen LogP contribution in [0.15, 0.2) is 66.7 Å². The average Bonchev–Trinajstić information content (AvgIpc) is 3.36. The number of likely N-dealkylation sites (tertiary alicyclic amines) is 1. The molecule has 3 heterocycles. The molecule has 0 unspecified atom stereocenters. The van der Waals surface area contributed by atoms with Crippen molar-refractivity contribution in [1.82, 2.24) is 14.8 Å². The Bertz CT molecular complexity index is 1530. The van der Waals surface area contributed by atoms with Gasteiger partial charge < -0.3 is 14.8 Å². The molecule has 0 saturated carbocycles. The largest absolute Gasteiger partial charge is 0.368 e. The maximum Gasteiger partial charge on any atom is 0.270 e. The van der Waals surface area contributed by atoms with Crippen LogP contribution in [0.3, 0.4) is 0 Å². The van der Waals surface area contributed by atoms with Crippen LogP contribution in [0.4, 0.5) is 5.69 Å². The van der Waals surface area contributed by atoms with Gasteiger partial charge in [-0.3, -0.25) is 9.69 Å². The number of aromatic nitrogens is 1. The standard InChI is InChI=1S/C34H37N5O/c1-24-6-5-7-25(2)32(24)27-14-16-37(17-15-27)23-30-29-8-3-4-9-31(29)36-33(30)34(40)39-20-18-38(19-21-39)28-12-10-26(22-35)11-13-28/h3-13,27,36H,14-21,23H2,1-2H3. The van der Waals surface area contributed by atoms with Crippen molar-refractivity contribution in [2.75, 3.05) is 44.2 Å². The molecule has 1 aromatic heterocycles. The van der Waals surface area contributed by atoms with Crippen LogP contribution in [0.2, 0.25) is 0 Å². The molecule has 6 nitrogen and oxygen atoms in total. The lowest BCUT2D eigenvalue weighted by atomic mass is 9.84. The Morgan fingerprint density at radius 1 is 0.875 bits per heavy atom. The Kier molecular flexibility index (Phi) is 7.32. The first-order chi connectivity index (χ1) is 19.5. The van der Waals surface area contributed by atoms with Crippen LogP contribution in [-0.4, -0.2) is 60.0 Å². The number of amides is 1. The second-order valence-corrected chi connectivity index (χ2v) is 11.3. The number of piperidine rings is 1. The summed E-state index contributed by atoms with van der Waals surface area (Å²) in [5.74, 6) is 0.699. The van der Waals surface area contributed by atoms with Crippen LogP contribution >= 0.6 is 0 Å². The monoisotopic (exact) mass is 531 g/mol. The van der Waals surface area contributed by atoms with E-state index in [2.05, 4.69) is 71.1 Å². The van der Waals surface area contributed by atoms with Crippen molar-refractivity contribution >= 4 is 22.5 Å². The molecule has 1 amide bonds. The summed E-state index contributed by atoms with van der Waals surface area (Å²) in [6.45, 7) is 10.2. The number of aromatic amines is 1. The number of hydrogen-bond acceptors (Lipinski definition) is 4. The fourth-order valence-electron chi connectivity index (χ4n) is 6.69. The molecule has 1 N–H and O–H groups in total. The van der Waals surface area contributed by atoms with E-state index in [1.54, 1.807) is 0 Å². The SMILES string of the molecule is Cc1cccc(C)c1C1CCN(Cc2c(C(=O)N3CCN(c4ccc(C#N)cc4)CC3)[nH]c3ccccc23)CC1. The van der Waals surface area contributed by atoms with Gasteiger partial charge in [-0.1, -0.05) is 36.4 Å². The van der Waals surface area contributed by atoms with E-state index in [4.69, 9.17) is 5.26 Å². The molecule has 0 radical (unpaired) electrons. The highest BCUT2D eigenvalue weighted by Crippen LogP contribution is 2.34. The van der Waals surface area contributed by atoms with Crippen molar-refractivity contribution in [2.24, 2.45) is 0 Å². The number of H-pyrrole nitrogens is 1. The third-order valence-corrected chi connectivity index (χ3v) is 8.88. The van der Waals surface area contributed by atoms with E-state index in [0.29, 0.717) is 24.6 Å². The maximum absolute atomic E-state index is 13.9. The van der Waals surface area contributed by atoms with E-state index in [0.717, 1.165) is 73.4 Å². The molecule has 2 aliphatic rings. The molecule has 0 spiro atoms. The zero-order valence-corrected chi connectivity index (χ0v) is 23.5. The molecule has 4 aromatic rings. The van der Waals surface area contributed by atoms with E-state index in [9.17, 15) is 4.79 Å². The van der Waals surface area contributed by atoms with E-state index in [1.165, 1.54) is 16.7 Å². The van der Waals surface area contributed by atoms with Crippen LogP contribution < -0.4 is 4.90 Å². The minimum absolute atomic E-state index is 0.0936. The first-order valence-corrected chi connectivity index (χ1v) is 14.4. The average molecular weight is 532 g/mol. The number of hydrogen-bond donors (Lipinski definition) is 1. The Morgan fingerprint density at radius 2 is 1.55 bits per heavy atom. The summed E-state index contributed by atoms with van der Waals surface area (Å²) in [5, 5.41) is 10.2. The maximum atomic E-state index is 13.9. The number of aryl methyl sites for hydroxylation is 2. The molecule has 0 aliphatic carbocycles. The summed E-state index contributed by atoms with van der Waals surface area (Å²) >= 11 is 0. The van der Waals surface area contributed by atoms with Crippen molar-refractivity contribution in [3.63, 3.8) is 0 Å². The highest BCUT2D eigenvalue weighted by Gasteiger charge is 2.29. The van der Waals surface area contributed by atoms with Gasteiger partial charge in [0.05, 0.1) is 11.6 Å². The lowest BCUT2D eigenvalue weighted by Gasteiger charge is -2.36. The Hall–Kier alpha value is -4.08. The predicted molar refractivity (Wildman–Crippen MR) is 161 cm³/mol. The molecular formula is C34H37N5O. The molecule has 2 aliphatic heterocycles. The fourth-order valence-corrected chi connectivity index (χ4v) is 6.69. The molecule has 2 saturated heterocycles. The number of benzene rings is 3. The number of nitriles is 1. The van der Waals surface area contributed by atoms with Gasteiger partial charge in [-0.15, -0.1) is 0 Å². The number of nitrogens with one attached hydrogen (secondary N) is 1. The van der Waals surface area contributed by atoms with Crippen LogP contribution in [0, 0.1) is 25.2 Å². The molecular weight excluding hydrogens is 494 g/mol. The van der Waals surface area contributed by atoms with E-state index in [1.807, 2.05) is 35.2 Å². The molecule has 3 aromatic carbocycles. The Balaban J connectivity index is 1.16. The van der Waals surface area contributed by atoms with E-state index in [-0.39, 0.29) is 5.91 Å². The lowest BCUT2D eigenvalue weighted by Crippen LogP contribution is -2.49. The van der Waals surface area contributed by atoms with Crippen molar-refractivity contribution in [3.8, 4) is 6.07 Å². The molecule has 6 rings (SSSR count). The van der Waals surface area contributed by atoms with Gasteiger partial charge in [-0.2, -0.15) is 5.26 Å². The van der Waals surface area contributed by atoms with Crippen LogP contribution in [0.25, 0.3) is 10.9 Å². The molecule has 0 bridgehead atoms. The van der Waals surface area contributed by atoms with Gasteiger partial charge in [0.25, 0.3) is 5.91 Å². The number of para-hydroxylation sites is 1. The van der Waals surface area contributed by atoms with Gasteiger partial charge in [0.2, 0.25) is 0 Å². The summed E-state index contributed by atoms with van der Waals surface area (Å²) in [6, 6.07) is 24.8. The van der Waals surface area contributed by atoms with Gasteiger partial charge in [-0.25, -0.2) is 0 Å². The Labute approximate surface area is 236 Å². The van der Waals surface area contributed by atoms with Gasteiger partial charge in [0.1, 0.15) is 5.69 Å². The summed E-state index contributed by atoms with van der Waals surface area (Å²) < 4.78 is 0. The van der Waals surface area contributed by atoms with Gasteiger partial charge >= 0.3 is 0 Å². The summed E-state index contributed by atoms with van der Waals surface area (Å²) in [4.78, 5) is 24.2. The first kappa shape index (κ1) is 26.2. The first-order valence-electron chi connectivity index (χ1n) is 14.4. The van der Waals surface area contributed by atoms with Gasteiger partial charge in [-0.05, 0) is 92.7 Å². The van der Waals surface area contributed by atoms with Crippen LogP contribution in [0.5, 0.6) is 0 Å². The molecule has 6 heteroatoms. The third kappa shape index (κ3) is 5.10. The molecule has 40 heavy (non-hydrogen) atoms. The van der Waals surface area contributed by atoms with Crippen LogP contribution in [0.1, 0.15) is 57.1 Å². The smallest absolute Gasteiger partial charge is 0.270 e. The minimum atomic E-state index is 0.0936. The van der Waals surface area contributed by atoms with Crippen molar-refractivity contribution in [1.29, 1.82) is 5.26 Å². The zero-order valence-electron chi connectivity index (χ0n) is 23.5. The number of anilines is 1. The summed E-state index contributed by atoms with van der Waals surface area (Å²) in [6.07, 6.45) is 2.29. The van der Waals surface area contributed by atoms with Crippen molar-refractivity contribution in [3.05, 3.63) is 100 Å². The number of fused-ring (bicyclic) bond motifs is 1. The summed E-state index contributed by atoms with van der Waals surface area (Å²) in [5.41, 5.74) is 9.00. The molecule has 0 atom stereocenters. The Morgan fingerprint density at radius 3 is 2.23 bits per heavy atom. The fraction of sp³-hybridized carbons (Fsp3) is 0.353. The van der Waals surface area contributed by atoms with Crippen LogP contribution in [-0.2, 0) is 6.54 Å². The van der Waals surface area contributed by atoms with Gasteiger partial charge in [0.15, 0.2) is 0 Å². The van der Waals surface area contributed by atoms with E-state index < -0.39 is 0 Å². The number of piperazine rings is 1. The predicted octanol–water partition coefficient (Wildman–Crippen LogP) is 6.00. The molecule has 2 fully saturated rings. The summed E-state index contributed by atoms with van der Waals surface area (Å²) in [7, 11) is 0. The highest BCUT2D eigenvalue weighted by atomic mass is 16.2. The van der Waals surface area contributed by atoms with Crippen molar-refractivity contribution < 1.29 is 4.79 Å². The second-order valence-electron chi connectivity index (χ2n) is 11.3. The van der Waals surface area contributed by atoms with E-state index >= 15 is 0 Å². The second kappa shape index (κ2) is 11.2. The molecule has 204 valence electrons. The number of nitrogens with zero attached hydrogens (tertiary/aromatic N) is 4. The topological polar surface area (TPSA) is 66.4 Å². The lowest BCUT2D eigenvalue weighted by molar-refractivity contribution is 0.0739. The third-order valence-electron chi connectivity index (χ3n) is 8.88. The number of carbonyl (C=O) groups is 1. The quantitative estimate of drug-likeness (QED) is 0.343. The van der Waals surface area contributed by atoms with Gasteiger partial charge in [0, 0.05) is 54.9 Å².